The van der Waals surface area contributed by atoms with E-state index in [2.05, 4.69) is 125 Å². The van der Waals surface area contributed by atoms with Gasteiger partial charge >= 0.3 is 191 Å². The molecular formula is C26H66Si6Zr. The molecule has 0 N–H and O–H groups in total. The summed E-state index contributed by atoms with van der Waals surface area (Å²) in [6.07, 6.45) is 20.9. The Bertz CT molecular complexity index is 1360. The SMILES string of the molecule is C[Si](C)(C)C[C]1([Zr]([CH3])([CH3])([CH3])([CH3])([CH3])([CH3])([CH3])([CH3])([SiH3])([SiH3])([SiH3])([SiH3])[C]2(C[Si](C)(C)C)C=CC=C2)C=CC=C1. The number of rotatable bonds is 6. The van der Waals surface area contributed by atoms with Gasteiger partial charge in [-0.15, -0.1) is 0 Å². The van der Waals surface area contributed by atoms with Gasteiger partial charge in [-0.2, -0.15) is 0 Å². The average molecular weight is 639 g/mol. The van der Waals surface area contributed by atoms with Gasteiger partial charge in [-0.05, 0) is 0 Å². The molecule has 0 aromatic rings. The number of allylic oxidation sites excluding steroid dienone is 8. The molecule has 2 rings (SSSR count). The van der Waals surface area contributed by atoms with Gasteiger partial charge in [-0.1, -0.05) is 0 Å². The summed E-state index contributed by atoms with van der Waals surface area (Å²) < 4.78 is 16.5. The van der Waals surface area contributed by atoms with Crippen LogP contribution in [-0.4, -0.2) is 45.6 Å². The van der Waals surface area contributed by atoms with Gasteiger partial charge in [0.25, 0.3) is 0 Å². The first-order chi connectivity index (χ1) is 12.3. The number of hydrogen-bond donors (Lipinski definition) is 0. The van der Waals surface area contributed by atoms with Crippen LogP contribution in [0.2, 0.25) is 94.7 Å². The van der Waals surface area contributed by atoms with Crippen molar-refractivity contribution < 1.29 is 2.07 Å². The van der Waals surface area contributed by atoms with Gasteiger partial charge in [0, 0.05) is 0 Å². The fraction of sp³-hybridized carbons (Fsp3) is 0.692. The summed E-state index contributed by atoms with van der Waals surface area (Å²) in [7, 11) is 1.14. The maximum atomic E-state index is 3.05. The predicted molar refractivity (Wildman–Crippen MR) is 185 cm³/mol. The maximum absolute atomic E-state index is 7.68. The fourth-order valence-corrected chi connectivity index (χ4v) is 123. The van der Waals surface area contributed by atoms with E-state index in [1.165, 1.54) is 12.1 Å². The van der Waals surface area contributed by atoms with Crippen LogP contribution in [-0.2, 0) is 2.07 Å². The zero-order valence-corrected chi connectivity index (χ0v) is 39.0. The molecular weight excluding hydrogens is 572 g/mol. The molecule has 0 spiro atoms. The first-order valence-corrected chi connectivity index (χ1v) is 77.1. The van der Waals surface area contributed by atoms with Crippen molar-refractivity contribution in [3.63, 3.8) is 0 Å². The molecule has 0 saturated carbocycles. The molecule has 0 radical (unpaired) electrons. The van der Waals surface area contributed by atoms with Crippen molar-refractivity contribution >= 4 is 45.6 Å². The van der Waals surface area contributed by atoms with Crippen LogP contribution >= 0.6 is 0 Å². The van der Waals surface area contributed by atoms with Crippen molar-refractivity contribution in [2.45, 2.75) is 94.7 Å². The van der Waals surface area contributed by atoms with Gasteiger partial charge in [0.1, 0.15) is 0 Å². The Hall–Kier alpha value is 1.14. The van der Waals surface area contributed by atoms with Crippen molar-refractivity contribution in [1.29, 1.82) is 0 Å². The van der Waals surface area contributed by atoms with Gasteiger partial charge < -0.3 is 0 Å². The predicted octanol–water partition coefficient (Wildman–Crippen LogP) is 6.25. The summed E-state index contributed by atoms with van der Waals surface area (Å²) in [5.74, 6) is 0. The van der Waals surface area contributed by atoms with E-state index in [-0.39, 0.29) is 6.25 Å². The topological polar surface area (TPSA) is 0 Å². The molecule has 0 aliphatic heterocycles. The van der Waals surface area contributed by atoms with E-state index in [4.69, 9.17) is 0 Å². The molecule has 198 valence electrons. The van der Waals surface area contributed by atoms with Crippen molar-refractivity contribution in [3.05, 3.63) is 48.6 Å². The zero-order chi connectivity index (χ0) is 27.3. The first kappa shape index (κ1) is 30.4. The molecule has 0 atom stereocenters. The minimum absolute atomic E-state index is 0.113. The molecule has 0 amide bonds. The third-order valence-electron chi connectivity index (χ3n) is 15.1. The van der Waals surface area contributed by atoms with E-state index in [1.807, 2.05) is 0 Å². The summed E-state index contributed by atoms with van der Waals surface area (Å²) in [4.78, 5) is 0. The Kier molecular flexibility index (Phi) is 1.98. The van der Waals surface area contributed by atoms with Crippen LogP contribution in [0.5, 0.6) is 0 Å². The third kappa shape index (κ3) is 2.70. The van der Waals surface area contributed by atoms with Crippen molar-refractivity contribution in [1.82, 2.24) is 0 Å². The van der Waals surface area contributed by atoms with Crippen LogP contribution in [0.25, 0.3) is 0 Å². The van der Waals surface area contributed by atoms with Crippen LogP contribution in [0.15, 0.2) is 48.6 Å². The van der Waals surface area contributed by atoms with Gasteiger partial charge in [-0.3, -0.25) is 0 Å². The average Bonchev–Trinajstić information content (AvgIpc) is 2.91. The summed E-state index contributed by atoms with van der Waals surface area (Å²) in [5.41, 5.74) is 0. The molecule has 0 saturated heterocycles. The first-order valence-electron chi connectivity index (χ1n) is 14.1. The molecule has 0 heterocycles. The van der Waals surface area contributed by atoms with Crippen molar-refractivity contribution in [2.24, 2.45) is 0 Å². The monoisotopic (exact) mass is 636 g/mol. The van der Waals surface area contributed by atoms with E-state index >= 15 is 0 Å². The van der Waals surface area contributed by atoms with E-state index in [0.717, 1.165) is 29.5 Å². The van der Waals surface area contributed by atoms with Gasteiger partial charge in [-0.25, -0.2) is 0 Å². The molecule has 0 unspecified atom stereocenters. The summed E-state index contributed by atoms with van der Waals surface area (Å²) in [6, 6.07) is 2.56. The Morgan fingerprint density at radius 2 is 0.667 bits per heavy atom. The molecule has 33 heavy (non-hydrogen) atoms. The second kappa shape index (κ2) is 2.15. The molecule has 0 fully saturated rings. The quantitative estimate of drug-likeness (QED) is 0.302. The normalized spacial score (nSPS) is 39.1. The van der Waals surface area contributed by atoms with Crippen LogP contribution in [0.3, 0.4) is 0 Å². The van der Waals surface area contributed by atoms with Crippen LogP contribution < -0.4 is 0 Å². The Balaban J connectivity index is 4.03. The fourth-order valence-electron chi connectivity index (χ4n) is 9.82. The number of hydrogen-bond acceptors (Lipinski definition) is 0. The van der Waals surface area contributed by atoms with E-state index < -0.39 is 18.2 Å². The summed E-state index contributed by atoms with van der Waals surface area (Å²) in [6.45, 7) is 15.7. The van der Waals surface area contributed by atoms with E-state index in [0.29, 0.717) is 0 Å². The molecule has 2 aliphatic carbocycles. The van der Waals surface area contributed by atoms with Crippen molar-refractivity contribution in [3.8, 4) is 0 Å². The summed E-state index contributed by atoms with van der Waals surface area (Å²) in [5, 5.41) is 0. The van der Waals surface area contributed by atoms with E-state index in [9.17, 15) is 0 Å². The van der Waals surface area contributed by atoms with Crippen LogP contribution in [0.4, 0.5) is 0 Å². The van der Waals surface area contributed by atoms with Crippen molar-refractivity contribution in [2.75, 3.05) is 0 Å². The third-order valence-corrected chi connectivity index (χ3v) is 124. The molecule has 7 heteroatoms. The van der Waals surface area contributed by atoms with E-state index in [1.54, 1.807) is 0 Å². The Morgan fingerprint density at radius 1 is 0.485 bits per heavy atom. The Labute approximate surface area is 189 Å². The van der Waals surface area contributed by atoms with Crippen LogP contribution in [0, 0.1) is 0 Å². The Morgan fingerprint density at radius 3 is 0.818 bits per heavy atom. The van der Waals surface area contributed by atoms with Gasteiger partial charge in [0.2, 0.25) is 0 Å². The molecule has 0 nitrogen and oxygen atoms in total. The second-order valence-corrected chi connectivity index (χ2v) is 611. The van der Waals surface area contributed by atoms with Crippen LogP contribution in [0.1, 0.15) is 0 Å². The standard InChI is InChI=1S/2C9H15Si.8CH3.4H3Si.Zr/c2*1-10(2,3)8-9-6-4-5-7-9;;;;;;;;;;;;;/h2*4-7H,8H2,1-3H3;12*1H3;. The molecule has 0 aromatic carbocycles. The minimum atomic E-state index is -7.68. The molecule has 0 aromatic heterocycles. The van der Waals surface area contributed by atoms with Gasteiger partial charge in [0.15, 0.2) is 0 Å². The molecule has 2 aliphatic rings. The second-order valence-electron chi connectivity index (χ2n) is 48.1. The zero-order valence-electron chi connectivity index (χ0n) is 26.5. The van der Waals surface area contributed by atoms with Gasteiger partial charge in [0.05, 0.1) is 0 Å². The summed E-state index contributed by atoms with van der Waals surface area (Å²) >= 11 is 0. The molecule has 0 bridgehead atoms.